The van der Waals surface area contributed by atoms with Gasteiger partial charge in [-0.1, -0.05) is 66.7 Å². The van der Waals surface area contributed by atoms with Crippen LogP contribution in [0.3, 0.4) is 0 Å². The van der Waals surface area contributed by atoms with Gasteiger partial charge in [-0.05, 0) is 23.8 Å². The van der Waals surface area contributed by atoms with E-state index in [1.165, 1.54) is 42.5 Å². The van der Waals surface area contributed by atoms with Gasteiger partial charge in [0.25, 0.3) is 5.91 Å². The van der Waals surface area contributed by atoms with Gasteiger partial charge in [-0.15, -0.1) is 8.78 Å². The molecular formula is C23H16F2N2O5. The van der Waals surface area contributed by atoms with Gasteiger partial charge in [-0.3, -0.25) is 14.9 Å². The normalized spacial score (nSPS) is 17.7. The molecule has 0 fully saturated rings. The summed E-state index contributed by atoms with van der Waals surface area (Å²) in [6.45, 7) is -0.144. The zero-order valence-electron chi connectivity index (χ0n) is 16.5. The molecule has 0 saturated heterocycles. The van der Waals surface area contributed by atoms with Crippen LogP contribution in [0, 0.1) is 10.1 Å². The van der Waals surface area contributed by atoms with Crippen LogP contribution < -0.4 is 4.90 Å². The molecule has 0 N–H and O–H groups in total. The van der Waals surface area contributed by atoms with Gasteiger partial charge < -0.3 is 9.64 Å². The summed E-state index contributed by atoms with van der Waals surface area (Å²) in [6.07, 6.45) is 0. The van der Waals surface area contributed by atoms with E-state index in [0.29, 0.717) is 5.56 Å². The van der Waals surface area contributed by atoms with Crippen molar-refractivity contribution < 1.29 is 28.0 Å². The smallest absolute Gasteiger partial charge is 0.426 e. The Morgan fingerprint density at radius 2 is 1.53 bits per heavy atom. The molecule has 1 atom stereocenters. The molecule has 0 saturated carbocycles. The van der Waals surface area contributed by atoms with Crippen molar-refractivity contribution in [1.82, 2.24) is 0 Å². The molecule has 1 amide bonds. The van der Waals surface area contributed by atoms with Crippen molar-refractivity contribution >= 4 is 17.6 Å². The number of amides is 1. The summed E-state index contributed by atoms with van der Waals surface area (Å²) in [5.74, 6) is -2.68. The number of ether oxygens (including phenoxy) is 1. The summed E-state index contributed by atoms with van der Waals surface area (Å²) in [5.41, 5.74) is -3.44. The summed E-state index contributed by atoms with van der Waals surface area (Å²) in [5, 5.41) is 11.4. The van der Waals surface area contributed by atoms with E-state index in [9.17, 15) is 19.7 Å². The van der Waals surface area contributed by atoms with E-state index in [2.05, 4.69) is 0 Å². The topological polar surface area (TPSA) is 89.7 Å². The number of nitro groups is 1. The number of rotatable bonds is 6. The van der Waals surface area contributed by atoms with Crippen LogP contribution in [0.1, 0.15) is 21.5 Å². The maximum absolute atomic E-state index is 15.2. The number of alkyl halides is 2. The quantitative estimate of drug-likeness (QED) is 0.250. The first-order valence-corrected chi connectivity index (χ1v) is 9.55. The molecule has 4 rings (SSSR count). The van der Waals surface area contributed by atoms with Crippen molar-refractivity contribution in [3.8, 4) is 0 Å². The molecule has 0 unspecified atom stereocenters. The van der Waals surface area contributed by atoms with Gasteiger partial charge in [0.1, 0.15) is 4.92 Å². The summed E-state index contributed by atoms with van der Waals surface area (Å²) < 4.78 is 35.5. The van der Waals surface area contributed by atoms with Gasteiger partial charge in [-0.2, -0.15) is 0 Å². The van der Waals surface area contributed by atoms with E-state index >= 15 is 8.78 Å². The minimum Gasteiger partial charge on any atom is -0.426 e. The van der Waals surface area contributed by atoms with Crippen LogP contribution in [-0.2, 0) is 21.7 Å². The standard InChI is InChI=1S/C23H16F2N2O5/c24-23(25,27(30)31)22(32-20(28)17-11-5-2-6-12-17)18-13-7-8-14-19(18)26(21(22)29)15-16-9-3-1-4-10-16/h1-14H,15H2/t22-/m1/s1. The van der Waals surface area contributed by atoms with Gasteiger partial charge >= 0.3 is 17.6 Å². The highest BCUT2D eigenvalue weighted by molar-refractivity contribution is 6.09. The Morgan fingerprint density at radius 3 is 2.16 bits per heavy atom. The van der Waals surface area contributed by atoms with Gasteiger partial charge in [0.15, 0.2) is 0 Å². The fourth-order valence-corrected chi connectivity index (χ4v) is 3.70. The highest BCUT2D eigenvalue weighted by Crippen LogP contribution is 2.52. The first-order chi connectivity index (χ1) is 15.3. The van der Waals surface area contributed by atoms with Crippen LogP contribution in [0.25, 0.3) is 0 Å². The number of anilines is 1. The molecule has 1 aliphatic rings. The average molecular weight is 438 g/mol. The third-order valence-corrected chi connectivity index (χ3v) is 5.21. The Morgan fingerprint density at radius 1 is 0.969 bits per heavy atom. The van der Waals surface area contributed by atoms with Crippen molar-refractivity contribution in [2.24, 2.45) is 0 Å². The largest absolute Gasteiger partial charge is 0.565 e. The van der Waals surface area contributed by atoms with Crippen LogP contribution in [0.5, 0.6) is 0 Å². The van der Waals surface area contributed by atoms with Crippen molar-refractivity contribution in [2.75, 3.05) is 4.90 Å². The van der Waals surface area contributed by atoms with Gasteiger partial charge in [-0.25, -0.2) is 4.79 Å². The van der Waals surface area contributed by atoms with Crippen LogP contribution in [0.15, 0.2) is 84.9 Å². The molecule has 0 bridgehead atoms. The van der Waals surface area contributed by atoms with E-state index < -0.39 is 34.0 Å². The Labute approximate surface area is 181 Å². The molecule has 1 aliphatic heterocycles. The summed E-state index contributed by atoms with van der Waals surface area (Å²) in [7, 11) is 0. The molecular weight excluding hydrogens is 422 g/mol. The average Bonchev–Trinajstić information content (AvgIpc) is 3.04. The van der Waals surface area contributed by atoms with Gasteiger partial charge in [0.05, 0.1) is 17.8 Å². The second-order valence-electron chi connectivity index (χ2n) is 7.13. The molecule has 3 aromatic rings. The predicted octanol–water partition coefficient (Wildman–Crippen LogP) is 4.16. The van der Waals surface area contributed by atoms with Crippen molar-refractivity contribution in [2.45, 2.75) is 18.2 Å². The minimum absolute atomic E-state index is 0.00346. The van der Waals surface area contributed by atoms with Gasteiger partial charge in [0, 0.05) is 5.56 Å². The van der Waals surface area contributed by atoms with E-state index in [4.69, 9.17) is 4.74 Å². The summed E-state index contributed by atoms with van der Waals surface area (Å²) in [4.78, 5) is 36.7. The monoisotopic (exact) mass is 438 g/mol. The fourth-order valence-electron chi connectivity index (χ4n) is 3.70. The SMILES string of the molecule is O=C(O[C@@]1(C(F)(F)[N+](=O)[O-])C(=O)N(Cc2ccccc2)c2ccccc21)c1ccccc1. The lowest BCUT2D eigenvalue weighted by Gasteiger charge is -2.29. The molecule has 32 heavy (non-hydrogen) atoms. The molecule has 1 heterocycles. The first-order valence-electron chi connectivity index (χ1n) is 9.55. The zero-order chi connectivity index (χ0) is 22.9. The number of para-hydroxylation sites is 1. The Bertz CT molecular complexity index is 1190. The Hall–Kier alpha value is -4.14. The van der Waals surface area contributed by atoms with Gasteiger partial charge in [0.2, 0.25) is 0 Å². The number of nitrogens with zero attached hydrogens (tertiary/aromatic N) is 2. The molecule has 7 nitrogen and oxygen atoms in total. The molecule has 0 spiro atoms. The minimum atomic E-state index is -4.93. The number of halogens is 2. The lowest BCUT2D eigenvalue weighted by Crippen LogP contribution is -2.59. The van der Waals surface area contributed by atoms with Crippen molar-refractivity contribution in [3.05, 3.63) is 112 Å². The third-order valence-electron chi connectivity index (χ3n) is 5.21. The van der Waals surface area contributed by atoms with Crippen molar-refractivity contribution in [1.29, 1.82) is 0 Å². The lowest BCUT2D eigenvalue weighted by atomic mass is 9.92. The number of carbonyl (C=O) groups is 2. The van der Waals surface area contributed by atoms with Crippen LogP contribution in [0.2, 0.25) is 0 Å². The molecule has 0 radical (unpaired) electrons. The van der Waals surface area contributed by atoms with Crippen molar-refractivity contribution in [3.63, 3.8) is 0 Å². The number of hydrogen-bond donors (Lipinski definition) is 0. The maximum atomic E-state index is 15.2. The van der Waals surface area contributed by atoms with E-state index in [-0.39, 0.29) is 17.8 Å². The number of carbonyl (C=O) groups excluding carboxylic acids is 2. The number of hydrogen-bond acceptors (Lipinski definition) is 5. The molecule has 0 aliphatic carbocycles. The second kappa shape index (κ2) is 7.84. The van der Waals surface area contributed by atoms with Crippen LogP contribution >= 0.6 is 0 Å². The number of benzene rings is 3. The summed E-state index contributed by atoms with van der Waals surface area (Å²) >= 11 is 0. The zero-order valence-corrected chi connectivity index (χ0v) is 16.5. The number of esters is 1. The van der Waals surface area contributed by atoms with E-state index in [1.807, 2.05) is 0 Å². The molecule has 162 valence electrons. The number of fused-ring (bicyclic) bond motifs is 1. The highest BCUT2D eigenvalue weighted by atomic mass is 19.3. The highest BCUT2D eigenvalue weighted by Gasteiger charge is 2.78. The van der Waals surface area contributed by atoms with Crippen LogP contribution in [-0.4, -0.2) is 22.8 Å². The predicted molar refractivity (Wildman–Crippen MR) is 110 cm³/mol. The molecule has 9 heteroatoms. The molecule has 3 aromatic carbocycles. The Kier molecular flexibility index (Phi) is 5.17. The van der Waals surface area contributed by atoms with E-state index in [0.717, 1.165) is 11.0 Å². The van der Waals surface area contributed by atoms with E-state index in [1.54, 1.807) is 36.4 Å². The molecule has 0 aromatic heterocycles. The maximum Gasteiger partial charge on any atom is 0.565 e. The van der Waals surface area contributed by atoms with Crippen LogP contribution in [0.4, 0.5) is 14.5 Å². The first kappa shape index (κ1) is 21.1. The Balaban J connectivity index is 1.88. The fraction of sp³-hybridized carbons (Fsp3) is 0.130. The summed E-state index contributed by atoms with van der Waals surface area (Å²) in [6, 6.07) is 16.1. The lowest BCUT2D eigenvalue weighted by molar-refractivity contribution is -0.666. The second-order valence-corrected chi connectivity index (χ2v) is 7.13. The third kappa shape index (κ3) is 3.18.